The lowest BCUT2D eigenvalue weighted by atomic mass is 9.95. The molecular formula is C30H26N2O3. The summed E-state index contributed by atoms with van der Waals surface area (Å²) in [6.07, 6.45) is 5.08. The number of nitrogens with one attached hydrogen (secondary N) is 1. The molecule has 1 amide bonds. The maximum atomic E-state index is 12.7. The van der Waals surface area contributed by atoms with E-state index in [9.17, 15) is 4.79 Å². The predicted octanol–water partition coefficient (Wildman–Crippen LogP) is 7.32. The summed E-state index contributed by atoms with van der Waals surface area (Å²) in [5, 5.41) is 6.16. The number of methoxy groups -OCH3 is 1. The average Bonchev–Trinajstić information content (AvgIpc) is 3.29. The number of pyridine rings is 1. The number of ether oxygens (including phenoxy) is 1. The van der Waals surface area contributed by atoms with Crippen LogP contribution in [-0.4, -0.2) is 18.0 Å². The van der Waals surface area contributed by atoms with Crippen molar-refractivity contribution < 1.29 is 13.9 Å². The molecule has 35 heavy (non-hydrogen) atoms. The molecule has 3 aromatic carbocycles. The number of hydrogen-bond donors (Lipinski definition) is 1. The fourth-order valence-corrected chi connectivity index (χ4v) is 4.43. The number of nitrogens with zero attached hydrogens (tertiary/aromatic N) is 1. The van der Waals surface area contributed by atoms with Gasteiger partial charge in [0.05, 0.1) is 13.4 Å². The van der Waals surface area contributed by atoms with Gasteiger partial charge in [-0.15, -0.1) is 0 Å². The zero-order chi connectivity index (χ0) is 24.5. The minimum Gasteiger partial charge on any atom is -0.496 e. The van der Waals surface area contributed by atoms with Crippen molar-refractivity contribution in [2.75, 3.05) is 12.4 Å². The molecule has 0 aliphatic rings. The molecule has 0 fully saturated rings. The highest BCUT2D eigenvalue weighted by Gasteiger charge is 2.19. The fraction of sp³-hybridized carbons (Fsp3) is 0.133. The number of benzene rings is 3. The quantitative estimate of drug-likeness (QED) is 0.278. The first kappa shape index (κ1) is 22.4. The first-order valence-corrected chi connectivity index (χ1v) is 11.4. The number of furan rings is 1. The molecule has 0 radical (unpaired) electrons. The molecule has 0 atom stereocenters. The van der Waals surface area contributed by atoms with Crippen molar-refractivity contribution in [3.8, 4) is 16.9 Å². The second kappa shape index (κ2) is 9.11. The highest BCUT2D eigenvalue weighted by Crippen LogP contribution is 2.41. The summed E-state index contributed by atoms with van der Waals surface area (Å²) in [6, 6.07) is 20.4. The van der Waals surface area contributed by atoms with Crippen molar-refractivity contribution >= 4 is 39.0 Å². The summed E-state index contributed by atoms with van der Waals surface area (Å²) >= 11 is 0. The van der Waals surface area contributed by atoms with E-state index in [1.165, 1.54) is 10.8 Å². The van der Waals surface area contributed by atoms with E-state index in [1.807, 2.05) is 45.0 Å². The number of hydrogen-bond acceptors (Lipinski definition) is 4. The van der Waals surface area contributed by atoms with Gasteiger partial charge in [-0.3, -0.25) is 4.79 Å². The molecular weight excluding hydrogens is 436 g/mol. The Labute approximate surface area is 204 Å². The molecule has 2 heterocycles. The van der Waals surface area contributed by atoms with E-state index >= 15 is 0 Å². The van der Waals surface area contributed by atoms with E-state index in [4.69, 9.17) is 9.15 Å². The van der Waals surface area contributed by atoms with Gasteiger partial charge < -0.3 is 14.5 Å². The van der Waals surface area contributed by atoms with E-state index in [2.05, 4.69) is 40.6 Å². The first-order valence-electron chi connectivity index (χ1n) is 11.4. The molecule has 0 saturated heterocycles. The van der Waals surface area contributed by atoms with Crippen LogP contribution in [0, 0.1) is 13.8 Å². The van der Waals surface area contributed by atoms with Gasteiger partial charge in [0.25, 0.3) is 0 Å². The SMILES string of the molecule is COc1c(/C(C)=C/C(=O)Nc2ccc(C)cn2)cc2c(-c3ccc4ccccc4c3)coc2c1C. The van der Waals surface area contributed by atoms with Gasteiger partial charge in [-0.1, -0.05) is 42.5 Å². The first-order chi connectivity index (χ1) is 16.9. The molecule has 0 aliphatic heterocycles. The number of allylic oxidation sites excluding steroid dienone is 1. The van der Waals surface area contributed by atoms with Crippen LogP contribution >= 0.6 is 0 Å². The normalized spacial score (nSPS) is 11.7. The molecule has 5 aromatic rings. The Balaban J connectivity index is 1.57. The van der Waals surface area contributed by atoms with Crippen LogP contribution in [0.1, 0.15) is 23.6 Å². The number of aromatic nitrogens is 1. The standard InChI is InChI=1S/C30H26N2O3/c1-18-9-12-27(31-16-18)32-28(33)13-19(2)24-15-25-26(17-35-30(25)20(3)29(24)34-4)23-11-10-21-7-5-6-8-22(21)14-23/h5-17H,1-4H3,(H,31,32,33)/b19-13+. The summed E-state index contributed by atoms with van der Waals surface area (Å²) in [4.78, 5) is 17.0. The van der Waals surface area contributed by atoms with E-state index in [0.29, 0.717) is 11.6 Å². The highest BCUT2D eigenvalue weighted by atomic mass is 16.5. The minimum atomic E-state index is -0.249. The van der Waals surface area contributed by atoms with Crippen LogP contribution in [0.2, 0.25) is 0 Å². The van der Waals surface area contributed by atoms with Gasteiger partial charge >= 0.3 is 0 Å². The monoisotopic (exact) mass is 462 g/mol. The molecule has 0 aliphatic carbocycles. The molecule has 2 aromatic heterocycles. The Morgan fingerprint density at radius 3 is 2.57 bits per heavy atom. The largest absolute Gasteiger partial charge is 0.496 e. The minimum absolute atomic E-state index is 0.249. The smallest absolute Gasteiger partial charge is 0.249 e. The van der Waals surface area contributed by atoms with Gasteiger partial charge in [0, 0.05) is 34.3 Å². The van der Waals surface area contributed by atoms with Gasteiger partial charge in [-0.05, 0) is 66.4 Å². The zero-order valence-corrected chi connectivity index (χ0v) is 20.2. The summed E-state index contributed by atoms with van der Waals surface area (Å²) in [5.74, 6) is 0.948. The van der Waals surface area contributed by atoms with Gasteiger partial charge in [0.15, 0.2) is 0 Å². The molecule has 0 unspecified atom stereocenters. The topological polar surface area (TPSA) is 64.4 Å². The number of fused-ring (bicyclic) bond motifs is 2. The Morgan fingerprint density at radius 1 is 1.03 bits per heavy atom. The Bertz CT molecular complexity index is 1590. The van der Waals surface area contributed by atoms with Gasteiger partial charge in [0.2, 0.25) is 5.91 Å². The molecule has 5 rings (SSSR count). The summed E-state index contributed by atoms with van der Waals surface area (Å²) in [6.45, 7) is 5.83. The van der Waals surface area contributed by atoms with Crippen molar-refractivity contribution in [2.45, 2.75) is 20.8 Å². The number of carbonyl (C=O) groups is 1. The van der Waals surface area contributed by atoms with E-state index < -0.39 is 0 Å². The van der Waals surface area contributed by atoms with E-state index in [1.54, 1.807) is 31.7 Å². The lowest BCUT2D eigenvalue weighted by Gasteiger charge is -2.13. The molecule has 0 spiro atoms. The lowest BCUT2D eigenvalue weighted by molar-refractivity contribution is -0.111. The maximum Gasteiger partial charge on any atom is 0.249 e. The second-order valence-electron chi connectivity index (χ2n) is 8.71. The zero-order valence-electron chi connectivity index (χ0n) is 20.2. The predicted molar refractivity (Wildman–Crippen MR) is 142 cm³/mol. The van der Waals surface area contributed by atoms with Crippen LogP contribution in [0.25, 0.3) is 38.4 Å². The van der Waals surface area contributed by atoms with Gasteiger partial charge in [-0.25, -0.2) is 4.98 Å². The molecule has 1 N–H and O–H groups in total. The number of aryl methyl sites for hydroxylation is 2. The van der Waals surface area contributed by atoms with E-state index in [0.717, 1.165) is 44.4 Å². The van der Waals surface area contributed by atoms with E-state index in [-0.39, 0.29) is 5.91 Å². The second-order valence-corrected chi connectivity index (χ2v) is 8.71. The van der Waals surface area contributed by atoms with Crippen LogP contribution in [0.3, 0.4) is 0 Å². The third kappa shape index (κ3) is 4.28. The number of carbonyl (C=O) groups excluding carboxylic acids is 1. The van der Waals surface area contributed by atoms with Gasteiger partial charge in [0.1, 0.15) is 17.2 Å². The van der Waals surface area contributed by atoms with Gasteiger partial charge in [-0.2, -0.15) is 0 Å². The van der Waals surface area contributed by atoms with Crippen molar-refractivity contribution in [2.24, 2.45) is 0 Å². The summed E-state index contributed by atoms with van der Waals surface area (Å²) < 4.78 is 11.8. The lowest BCUT2D eigenvalue weighted by Crippen LogP contribution is -2.10. The molecule has 174 valence electrons. The van der Waals surface area contributed by atoms with Crippen molar-refractivity contribution in [1.29, 1.82) is 0 Å². The molecule has 0 saturated carbocycles. The van der Waals surface area contributed by atoms with Crippen LogP contribution in [0.4, 0.5) is 5.82 Å². The summed E-state index contributed by atoms with van der Waals surface area (Å²) in [5.41, 5.74) is 6.39. The number of anilines is 1. The molecule has 0 bridgehead atoms. The fourth-order valence-electron chi connectivity index (χ4n) is 4.43. The average molecular weight is 463 g/mol. The summed E-state index contributed by atoms with van der Waals surface area (Å²) in [7, 11) is 1.63. The van der Waals surface area contributed by atoms with Crippen molar-refractivity contribution in [1.82, 2.24) is 4.98 Å². The Hall–Kier alpha value is -4.38. The van der Waals surface area contributed by atoms with Crippen molar-refractivity contribution in [3.63, 3.8) is 0 Å². The Kier molecular flexibility index (Phi) is 5.83. The van der Waals surface area contributed by atoms with Crippen LogP contribution in [0.5, 0.6) is 5.75 Å². The third-order valence-corrected chi connectivity index (χ3v) is 6.24. The maximum absolute atomic E-state index is 12.7. The molecule has 5 nitrogen and oxygen atoms in total. The number of amides is 1. The van der Waals surface area contributed by atoms with Crippen molar-refractivity contribution in [3.05, 3.63) is 95.9 Å². The Morgan fingerprint density at radius 2 is 1.83 bits per heavy atom. The molecule has 5 heteroatoms. The third-order valence-electron chi connectivity index (χ3n) is 6.24. The van der Waals surface area contributed by atoms with Crippen LogP contribution in [-0.2, 0) is 4.79 Å². The highest BCUT2D eigenvalue weighted by molar-refractivity contribution is 6.06. The van der Waals surface area contributed by atoms with Crippen LogP contribution < -0.4 is 10.1 Å². The number of rotatable bonds is 5. The van der Waals surface area contributed by atoms with Crippen LogP contribution in [0.15, 0.2) is 83.6 Å².